The highest BCUT2D eigenvalue weighted by molar-refractivity contribution is 6.30. The predicted molar refractivity (Wildman–Crippen MR) is 110 cm³/mol. The maximum Gasteiger partial charge on any atom is 0.290 e. The molecule has 29 heavy (non-hydrogen) atoms. The van der Waals surface area contributed by atoms with E-state index in [-0.39, 0.29) is 30.0 Å². The van der Waals surface area contributed by atoms with Gasteiger partial charge in [-0.25, -0.2) is 0 Å². The van der Waals surface area contributed by atoms with Crippen LogP contribution in [-0.4, -0.2) is 53.2 Å². The van der Waals surface area contributed by atoms with Gasteiger partial charge in [0.05, 0.1) is 12.8 Å². The van der Waals surface area contributed by atoms with Crippen LogP contribution >= 0.6 is 11.6 Å². The lowest BCUT2D eigenvalue weighted by atomic mass is 10.1. The van der Waals surface area contributed by atoms with Crippen LogP contribution < -0.4 is 5.32 Å². The zero-order valence-corrected chi connectivity index (χ0v) is 17.0. The molecule has 0 bridgehead atoms. The summed E-state index contributed by atoms with van der Waals surface area (Å²) in [4.78, 5) is 41.4. The molecule has 0 saturated carbocycles. The number of hydrogen-bond acceptors (Lipinski definition) is 4. The van der Waals surface area contributed by atoms with Gasteiger partial charge in [0.1, 0.15) is 6.04 Å². The number of nitrogens with zero attached hydrogens (tertiary/aromatic N) is 2. The van der Waals surface area contributed by atoms with Crippen LogP contribution in [0, 0.1) is 0 Å². The fourth-order valence-corrected chi connectivity index (χ4v) is 3.59. The van der Waals surface area contributed by atoms with E-state index in [1.54, 1.807) is 41.3 Å². The summed E-state index contributed by atoms with van der Waals surface area (Å²) in [6.45, 7) is 2.80. The highest BCUT2D eigenvalue weighted by Gasteiger charge is 2.38. The maximum atomic E-state index is 13.2. The van der Waals surface area contributed by atoms with Gasteiger partial charge in [-0.05, 0) is 55.7 Å². The second-order valence-electron chi connectivity index (χ2n) is 6.95. The molecule has 1 aliphatic heterocycles. The lowest BCUT2D eigenvalue weighted by Crippen LogP contribution is -2.49. The Morgan fingerprint density at radius 3 is 2.66 bits per heavy atom. The smallest absolute Gasteiger partial charge is 0.290 e. The van der Waals surface area contributed by atoms with Crippen LogP contribution in [0.3, 0.4) is 0 Å². The third-order valence-corrected chi connectivity index (χ3v) is 5.05. The van der Waals surface area contributed by atoms with Gasteiger partial charge in [-0.2, -0.15) is 0 Å². The lowest BCUT2D eigenvalue weighted by molar-refractivity contribution is -0.138. The Bertz CT molecular complexity index is 851. The molecule has 3 amide bonds. The average molecular weight is 418 g/mol. The third-order valence-electron chi connectivity index (χ3n) is 4.80. The Morgan fingerprint density at radius 2 is 2.00 bits per heavy atom. The first-order valence-corrected chi connectivity index (χ1v) is 10.1. The summed E-state index contributed by atoms with van der Waals surface area (Å²) < 4.78 is 5.19. The molecule has 1 saturated heterocycles. The topological polar surface area (TPSA) is 82.9 Å². The molecule has 154 valence electrons. The van der Waals surface area contributed by atoms with E-state index >= 15 is 0 Å². The summed E-state index contributed by atoms with van der Waals surface area (Å²) in [7, 11) is 0. The Hall–Kier alpha value is -2.80. The number of carbonyl (C=O) groups is 3. The first-order chi connectivity index (χ1) is 14.0. The van der Waals surface area contributed by atoms with Gasteiger partial charge in [0.15, 0.2) is 5.76 Å². The van der Waals surface area contributed by atoms with Crippen molar-refractivity contribution in [1.82, 2.24) is 9.80 Å². The fourth-order valence-electron chi connectivity index (χ4n) is 3.46. The molecule has 1 fully saturated rings. The largest absolute Gasteiger partial charge is 0.459 e. The minimum atomic E-state index is -0.581. The van der Waals surface area contributed by atoms with E-state index in [0.29, 0.717) is 36.6 Å². The van der Waals surface area contributed by atoms with E-state index in [0.717, 1.165) is 6.42 Å². The van der Waals surface area contributed by atoms with Crippen LogP contribution in [0.25, 0.3) is 0 Å². The van der Waals surface area contributed by atoms with Crippen molar-refractivity contribution in [1.29, 1.82) is 0 Å². The van der Waals surface area contributed by atoms with Crippen LogP contribution in [0.1, 0.15) is 36.7 Å². The molecule has 2 aromatic rings. The molecule has 1 aliphatic rings. The number of rotatable bonds is 7. The van der Waals surface area contributed by atoms with Crippen molar-refractivity contribution in [2.75, 3.05) is 25.0 Å². The number of anilines is 1. The second kappa shape index (κ2) is 9.60. The Morgan fingerprint density at radius 1 is 1.24 bits per heavy atom. The maximum absolute atomic E-state index is 13.2. The van der Waals surface area contributed by atoms with Gasteiger partial charge in [0.25, 0.3) is 5.91 Å². The van der Waals surface area contributed by atoms with E-state index in [2.05, 4.69) is 5.32 Å². The quantitative estimate of drug-likeness (QED) is 0.748. The molecule has 1 N–H and O–H groups in total. The number of hydrogen-bond donors (Lipinski definition) is 1. The minimum absolute atomic E-state index is 0.0748. The Balaban J connectivity index is 1.67. The monoisotopic (exact) mass is 417 g/mol. The van der Waals surface area contributed by atoms with Crippen molar-refractivity contribution in [3.05, 3.63) is 53.4 Å². The highest BCUT2D eigenvalue weighted by atomic mass is 35.5. The van der Waals surface area contributed by atoms with E-state index < -0.39 is 6.04 Å². The normalized spacial score (nSPS) is 15.9. The predicted octanol–water partition coefficient (Wildman–Crippen LogP) is 3.41. The molecular weight excluding hydrogens is 394 g/mol. The number of halogens is 1. The summed E-state index contributed by atoms with van der Waals surface area (Å²) >= 11 is 5.86. The van der Waals surface area contributed by atoms with Gasteiger partial charge in [-0.15, -0.1) is 0 Å². The van der Waals surface area contributed by atoms with E-state index in [1.165, 1.54) is 11.2 Å². The van der Waals surface area contributed by atoms with Crippen molar-refractivity contribution in [2.24, 2.45) is 0 Å². The molecule has 3 rings (SSSR count). The number of likely N-dealkylation sites (tertiary alicyclic amines) is 1. The Labute approximate surface area is 174 Å². The molecule has 2 heterocycles. The van der Waals surface area contributed by atoms with Crippen molar-refractivity contribution in [3.8, 4) is 0 Å². The van der Waals surface area contributed by atoms with Crippen LogP contribution in [0.5, 0.6) is 0 Å². The minimum Gasteiger partial charge on any atom is -0.459 e. The van der Waals surface area contributed by atoms with E-state index in [1.807, 2.05) is 6.92 Å². The zero-order valence-electron chi connectivity index (χ0n) is 16.3. The van der Waals surface area contributed by atoms with Gasteiger partial charge in [-0.1, -0.05) is 18.5 Å². The molecule has 0 unspecified atom stereocenters. The molecule has 1 atom stereocenters. The Kier molecular flexibility index (Phi) is 6.93. The summed E-state index contributed by atoms with van der Waals surface area (Å²) in [5, 5.41) is 3.35. The number of carbonyl (C=O) groups excluding carboxylic acids is 3. The number of amides is 3. The van der Waals surface area contributed by atoms with Crippen molar-refractivity contribution >= 4 is 35.0 Å². The van der Waals surface area contributed by atoms with Crippen LogP contribution in [0.4, 0.5) is 5.69 Å². The fraction of sp³-hybridized carbons (Fsp3) is 0.381. The lowest BCUT2D eigenvalue weighted by Gasteiger charge is -2.29. The molecule has 0 aliphatic carbocycles. The summed E-state index contributed by atoms with van der Waals surface area (Å²) in [6.07, 6.45) is 3.45. The van der Waals surface area contributed by atoms with E-state index in [4.69, 9.17) is 16.0 Å². The van der Waals surface area contributed by atoms with Crippen molar-refractivity contribution < 1.29 is 18.8 Å². The van der Waals surface area contributed by atoms with Gasteiger partial charge in [-0.3, -0.25) is 14.4 Å². The zero-order chi connectivity index (χ0) is 20.8. The molecule has 7 nitrogen and oxygen atoms in total. The van der Waals surface area contributed by atoms with Crippen LogP contribution in [0.15, 0.2) is 47.1 Å². The molecule has 0 spiro atoms. The van der Waals surface area contributed by atoms with Gasteiger partial charge in [0.2, 0.25) is 11.8 Å². The number of furan rings is 1. The van der Waals surface area contributed by atoms with Gasteiger partial charge in [0, 0.05) is 23.8 Å². The van der Waals surface area contributed by atoms with Gasteiger partial charge >= 0.3 is 0 Å². The highest BCUT2D eigenvalue weighted by Crippen LogP contribution is 2.22. The molecule has 0 radical (unpaired) electrons. The number of nitrogens with one attached hydrogen (secondary N) is 1. The number of benzene rings is 1. The summed E-state index contributed by atoms with van der Waals surface area (Å²) in [5.41, 5.74) is 0.610. The first-order valence-electron chi connectivity index (χ1n) is 9.68. The standard InChI is InChI=1S/C21H24ClN3O4/c1-2-11-24(14-19(26)23-16-9-7-15(22)8-10-16)20(27)17-5-3-12-25(17)21(28)18-6-4-13-29-18/h4,6-10,13,17H,2-3,5,11-12,14H2,1H3,(H,23,26)/t17-/m0/s1. The molecule has 8 heteroatoms. The van der Waals surface area contributed by atoms with Gasteiger partial charge < -0.3 is 19.5 Å². The average Bonchev–Trinajstić information content (AvgIpc) is 3.40. The van der Waals surface area contributed by atoms with Crippen LogP contribution in [0.2, 0.25) is 5.02 Å². The third kappa shape index (κ3) is 5.17. The first kappa shape index (κ1) is 20.9. The van der Waals surface area contributed by atoms with Crippen LogP contribution in [-0.2, 0) is 9.59 Å². The SMILES string of the molecule is CCCN(CC(=O)Nc1ccc(Cl)cc1)C(=O)[C@@H]1CCCN1C(=O)c1ccco1. The van der Waals surface area contributed by atoms with Crippen molar-refractivity contribution in [2.45, 2.75) is 32.2 Å². The summed E-state index contributed by atoms with van der Waals surface area (Å²) in [6, 6.07) is 9.42. The van der Waals surface area contributed by atoms with E-state index in [9.17, 15) is 14.4 Å². The van der Waals surface area contributed by atoms with Crippen molar-refractivity contribution in [3.63, 3.8) is 0 Å². The second-order valence-corrected chi connectivity index (χ2v) is 7.39. The molecular formula is C21H24ClN3O4. The summed E-state index contributed by atoms with van der Waals surface area (Å²) in [5.74, 6) is -0.591. The molecule has 1 aromatic heterocycles. The molecule has 1 aromatic carbocycles.